The number of aromatic nitrogens is 4. The summed E-state index contributed by atoms with van der Waals surface area (Å²) < 4.78 is 18.4. The van der Waals surface area contributed by atoms with Crippen molar-refractivity contribution in [3.8, 4) is 0 Å². The van der Waals surface area contributed by atoms with Crippen molar-refractivity contribution in [2.45, 2.75) is 88.9 Å². The topological polar surface area (TPSA) is 192 Å². The number of nitrogens with one attached hydrogen (secondary N) is 2. The molecule has 39 heavy (non-hydrogen) atoms. The summed E-state index contributed by atoms with van der Waals surface area (Å²) in [4.78, 5) is 44.3. The molecule has 15 heteroatoms. The molecule has 4 aliphatic carbocycles. The minimum absolute atomic E-state index is 0.0921. The van der Waals surface area contributed by atoms with Crippen LogP contribution in [0.4, 0.5) is 10.6 Å². The second kappa shape index (κ2) is 9.07. The predicted molar refractivity (Wildman–Crippen MR) is 140 cm³/mol. The molecule has 5 fully saturated rings. The summed E-state index contributed by atoms with van der Waals surface area (Å²) in [6.07, 6.45) is 2.14. The Morgan fingerprint density at radius 3 is 2.49 bits per heavy atom. The lowest BCUT2D eigenvalue weighted by atomic mass is 9.43. The number of aliphatic hydroxyl groups excluding tert-OH is 2. The maximum Gasteiger partial charge on any atom is 0.325 e. The van der Waals surface area contributed by atoms with Gasteiger partial charge in [0.2, 0.25) is 5.28 Å². The molecule has 4 bridgehead atoms. The number of aliphatic hydroxyl groups is 2. The van der Waals surface area contributed by atoms with Gasteiger partial charge in [-0.25, -0.2) is 9.78 Å². The fraction of sp³-hybridized carbons (Fsp3) is 0.750. The van der Waals surface area contributed by atoms with Gasteiger partial charge in [-0.3, -0.25) is 14.4 Å². The molecule has 1 aliphatic heterocycles. The number of carbonyl (C=O) groups is 1. The molecule has 0 aromatic carbocycles. The first-order valence-corrected chi connectivity index (χ1v) is 15.4. The molecule has 2 amide bonds. The molecule has 0 radical (unpaired) electrons. The molecule has 4 saturated carbocycles. The third-order valence-electron chi connectivity index (χ3n) is 8.95. The van der Waals surface area contributed by atoms with Crippen LogP contribution in [0.1, 0.15) is 65.0 Å². The SMILES string of the molecule is C[C@]12CC3CC(NC(=O)Nc4nc(Cl)nc5c4ncn5C4OC(CCP(=O)(O)O)C(O)C4O)(C1)C[C@@](C)(C3)C2. The van der Waals surface area contributed by atoms with Crippen LogP contribution in [0.2, 0.25) is 5.28 Å². The Balaban J connectivity index is 1.22. The van der Waals surface area contributed by atoms with Crippen LogP contribution in [-0.4, -0.2) is 75.6 Å². The molecule has 214 valence electrons. The predicted octanol–water partition coefficient (Wildman–Crippen LogP) is 2.54. The Kier molecular flexibility index (Phi) is 6.35. The molecule has 8 atom stereocenters. The summed E-state index contributed by atoms with van der Waals surface area (Å²) in [5.74, 6) is 0.695. The second-order valence-corrected chi connectivity index (χ2v) is 15.0. The van der Waals surface area contributed by atoms with E-state index in [9.17, 15) is 29.4 Å². The van der Waals surface area contributed by atoms with E-state index in [4.69, 9.17) is 16.3 Å². The third kappa shape index (κ3) is 5.07. The van der Waals surface area contributed by atoms with Gasteiger partial charge in [0.1, 0.15) is 12.2 Å². The van der Waals surface area contributed by atoms with Crippen molar-refractivity contribution in [1.82, 2.24) is 24.8 Å². The van der Waals surface area contributed by atoms with E-state index in [1.54, 1.807) is 0 Å². The number of anilines is 1. The number of ether oxygens (including phenoxy) is 1. The smallest absolute Gasteiger partial charge is 0.325 e. The zero-order chi connectivity index (χ0) is 28.0. The summed E-state index contributed by atoms with van der Waals surface area (Å²) >= 11 is 6.20. The first-order valence-electron chi connectivity index (χ1n) is 13.2. The minimum atomic E-state index is -4.32. The quantitative estimate of drug-likeness (QED) is 0.217. The minimum Gasteiger partial charge on any atom is -0.388 e. The number of urea groups is 1. The fourth-order valence-electron chi connectivity index (χ4n) is 8.62. The average molecular weight is 585 g/mol. The standard InChI is InChI=1S/C24H34ClN6O7P/c1-22-5-12-6-23(2,8-22)10-24(7-12,9-22)30-21(34)28-17-14-18(29-20(25)27-17)31(11-26-14)19-16(33)15(32)13(38-19)3-4-39(35,36)37/h11-13,15-16,19,32-33H,3-10H2,1-2H3,(H2,35,36,37)(H2,27,28,29,30,34)/t12?,13?,15?,16?,19?,22-,23+,24?. The number of hydrogen-bond acceptors (Lipinski definition) is 8. The molecule has 6 N–H and O–H groups in total. The summed E-state index contributed by atoms with van der Waals surface area (Å²) in [7, 11) is -4.32. The van der Waals surface area contributed by atoms with Gasteiger partial charge in [-0.15, -0.1) is 0 Å². The van der Waals surface area contributed by atoms with E-state index in [0.29, 0.717) is 5.92 Å². The Labute approximate surface area is 229 Å². The first-order chi connectivity index (χ1) is 18.2. The van der Waals surface area contributed by atoms with Gasteiger partial charge in [0.25, 0.3) is 0 Å². The van der Waals surface area contributed by atoms with Crippen LogP contribution in [0.3, 0.4) is 0 Å². The molecule has 3 heterocycles. The lowest BCUT2D eigenvalue weighted by molar-refractivity contribution is -0.113. The zero-order valence-electron chi connectivity index (χ0n) is 21.7. The molecule has 2 aromatic rings. The molecular formula is C24H34ClN6O7P. The lowest BCUT2D eigenvalue weighted by Crippen LogP contribution is -2.65. The molecule has 0 spiro atoms. The van der Waals surface area contributed by atoms with Crippen molar-refractivity contribution in [2.24, 2.45) is 16.7 Å². The van der Waals surface area contributed by atoms with E-state index in [0.717, 1.165) is 19.3 Å². The summed E-state index contributed by atoms with van der Waals surface area (Å²) in [6, 6.07) is -0.403. The number of amides is 2. The van der Waals surface area contributed by atoms with E-state index < -0.39 is 44.3 Å². The van der Waals surface area contributed by atoms with E-state index >= 15 is 0 Å². The van der Waals surface area contributed by atoms with Gasteiger partial charge in [-0.1, -0.05) is 13.8 Å². The molecular weight excluding hydrogens is 551 g/mol. The van der Waals surface area contributed by atoms with E-state index in [1.807, 2.05) is 0 Å². The second-order valence-electron chi connectivity index (χ2n) is 12.9. The highest BCUT2D eigenvalue weighted by atomic mass is 35.5. The molecule has 1 saturated heterocycles. The van der Waals surface area contributed by atoms with Gasteiger partial charge < -0.3 is 30.1 Å². The Morgan fingerprint density at radius 2 is 1.85 bits per heavy atom. The molecule has 7 rings (SSSR count). The van der Waals surface area contributed by atoms with Gasteiger partial charge in [0.15, 0.2) is 23.2 Å². The van der Waals surface area contributed by atoms with Crippen LogP contribution in [0.25, 0.3) is 11.2 Å². The lowest BCUT2D eigenvalue weighted by Gasteiger charge is -2.65. The molecule has 2 aromatic heterocycles. The van der Waals surface area contributed by atoms with Crippen LogP contribution in [0, 0.1) is 16.7 Å². The maximum atomic E-state index is 13.3. The average Bonchev–Trinajstić information content (AvgIpc) is 3.30. The maximum absolute atomic E-state index is 13.3. The van der Waals surface area contributed by atoms with Crippen molar-refractivity contribution in [2.75, 3.05) is 11.5 Å². The van der Waals surface area contributed by atoms with Crippen LogP contribution in [0.5, 0.6) is 0 Å². The number of rotatable bonds is 6. The highest BCUT2D eigenvalue weighted by Gasteiger charge is 2.60. The van der Waals surface area contributed by atoms with Crippen molar-refractivity contribution in [3.05, 3.63) is 11.6 Å². The Bertz CT molecular complexity index is 1350. The number of nitrogens with zero attached hydrogens (tertiary/aromatic N) is 4. The van der Waals surface area contributed by atoms with E-state index in [-0.39, 0.29) is 45.1 Å². The van der Waals surface area contributed by atoms with Crippen molar-refractivity contribution >= 4 is 42.2 Å². The van der Waals surface area contributed by atoms with Gasteiger partial charge in [-0.05, 0) is 73.3 Å². The summed E-state index contributed by atoms with van der Waals surface area (Å²) in [5.41, 5.74) is 0.542. The van der Waals surface area contributed by atoms with Gasteiger partial charge in [0, 0.05) is 5.54 Å². The molecule has 13 nitrogen and oxygen atoms in total. The van der Waals surface area contributed by atoms with Crippen molar-refractivity contribution in [1.29, 1.82) is 0 Å². The largest absolute Gasteiger partial charge is 0.388 e. The normalized spacial score (nSPS) is 39.4. The van der Waals surface area contributed by atoms with E-state index in [1.165, 1.54) is 30.2 Å². The molecule has 5 aliphatic rings. The van der Waals surface area contributed by atoms with Crippen LogP contribution in [-0.2, 0) is 9.30 Å². The number of carbonyl (C=O) groups excluding carboxylic acids is 1. The fourth-order valence-corrected chi connectivity index (χ4v) is 9.38. The van der Waals surface area contributed by atoms with Crippen LogP contribution < -0.4 is 10.6 Å². The number of halogens is 1. The number of fused-ring (bicyclic) bond motifs is 1. The molecule has 6 unspecified atom stereocenters. The first kappa shape index (κ1) is 27.3. The van der Waals surface area contributed by atoms with Gasteiger partial charge in [0.05, 0.1) is 18.6 Å². The monoisotopic (exact) mass is 584 g/mol. The van der Waals surface area contributed by atoms with Crippen LogP contribution in [0.15, 0.2) is 6.33 Å². The van der Waals surface area contributed by atoms with Crippen molar-refractivity contribution in [3.63, 3.8) is 0 Å². The summed E-state index contributed by atoms with van der Waals surface area (Å²) in [5, 5.41) is 26.9. The van der Waals surface area contributed by atoms with Gasteiger partial charge >= 0.3 is 13.6 Å². The highest BCUT2D eigenvalue weighted by Crippen LogP contribution is 2.66. The Morgan fingerprint density at radius 1 is 1.15 bits per heavy atom. The summed E-state index contributed by atoms with van der Waals surface area (Å²) in [6.45, 7) is 4.66. The van der Waals surface area contributed by atoms with Crippen LogP contribution >= 0.6 is 19.2 Å². The Hall–Kier alpha value is -1.86. The third-order valence-corrected chi connectivity index (χ3v) is 9.96. The number of hydrogen-bond donors (Lipinski definition) is 6. The van der Waals surface area contributed by atoms with Gasteiger partial charge in [-0.2, -0.15) is 9.97 Å². The highest BCUT2D eigenvalue weighted by molar-refractivity contribution is 7.51. The van der Waals surface area contributed by atoms with E-state index in [2.05, 4.69) is 39.4 Å². The van der Waals surface area contributed by atoms with Crippen molar-refractivity contribution < 1.29 is 34.1 Å². The zero-order valence-corrected chi connectivity index (χ0v) is 23.4. The number of imidazole rings is 1.